The molecule has 1 aliphatic carbocycles. The maximum Gasteiger partial charge on any atom is 0.416 e. The van der Waals surface area contributed by atoms with Crippen molar-refractivity contribution in [2.24, 2.45) is 0 Å². The molecule has 0 bridgehead atoms. The minimum Gasteiger partial charge on any atom is -0.363 e. The van der Waals surface area contributed by atoms with Gasteiger partial charge in [0.05, 0.1) is 5.56 Å². The van der Waals surface area contributed by atoms with Crippen molar-refractivity contribution in [3.05, 3.63) is 47.2 Å². The van der Waals surface area contributed by atoms with Crippen LogP contribution in [0.5, 0.6) is 0 Å². The molecule has 2 aromatic rings. The number of amides is 1. The summed E-state index contributed by atoms with van der Waals surface area (Å²) in [5.41, 5.74) is 0.0750. The first kappa shape index (κ1) is 21.9. The maximum absolute atomic E-state index is 12.9. The van der Waals surface area contributed by atoms with Crippen LogP contribution >= 0.6 is 0 Å². The number of rotatable bonds is 5. The number of nitrogens with one attached hydrogen (secondary N) is 2. The zero-order chi connectivity index (χ0) is 21.9. The second-order valence-corrected chi connectivity index (χ2v) is 7.83. The molecule has 0 radical (unpaired) electrons. The number of benzene rings is 1. The molecule has 6 nitrogen and oxygen atoms in total. The Labute approximate surface area is 173 Å². The van der Waals surface area contributed by atoms with Gasteiger partial charge in [-0.25, -0.2) is 4.98 Å². The summed E-state index contributed by atoms with van der Waals surface area (Å²) in [6, 6.07) is 6.52. The summed E-state index contributed by atoms with van der Waals surface area (Å²) in [6.45, 7) is 1.92. The van der Waals surface area contributed by atoms with Crippen LogP contribution in [0.1, 0.15) is 47.3 Å². The normalized spacial score (nSPS) is 19.3. The maximum atomic E-state index is 12.9. The highest BCUT2D eigenvalue weighted by atomic mass is 19.4. The van der Waals surface area contributed by atoms with Crippen molar-refractivity contribution in [1.82, 2.24) is 15.3 Å². The van der Waals surface area contributed by atoms with Crippen molar-refractivity contribution in [3.63, 3.8) is 0 Å². The average molecular weight is 421 g/mol. The monoisotopic (exact) mass is 421 g/mol. The third kappa shape index (κ3) is 5.61. The van der Waals surface area contributed by atoms with E-state index in [-0.39, 0.29) is 17.6 Å². The molecule has 0 aliphatic heterocycles. The standard InChI is InChI=1S/C21H26F3N5O/c1-13-11-18(29(2)3)28-20(25-13)27-17-9-7-16(8-10-17)26-19(30)14-5-4-6-15(12-14)21(22,23)24/h4-6,11-12,16-17H,7-10H2,1-3H3,(H,26,30)(H,25,27,28). The van der Waals surface area contributed by atoms with E-state index in [1.807, 2.05) is 32.0 Å². The molecule has 0 unspecified atom stereocenters. The first-order valence-electron chi connectivity index (χ1n) is 9.89. The van der Waals surface area contributed by atoms with Gasteiger partial charge in [0, 0.05) is 43.5 Å². The number of carbonyl (C=O) groups excluding carboxylic acids is 1. The summed E-state index contributed by atoms with van der Waals surface area (Å²) < 4.78 is 38.6. The molecule has 1 heterocycles. The molecule has 3 rings (SSSR count). The lowest BCUT2D eigenvalue weighted by Crippen LogP contribution is -2.40. The zero-order valence-corrected chi connectivity index (χ0v) is 17.3. The molecule has 1 aromatic heterocycles. The first-order chi connectivity index (χ1) is 14.1. The molecule has 162 valence electrons. The van der Waals surface area contributed by atoms with Crippen LogP contribution in [-0.4, -0.2) is 42.1 Å². The number of aryl methyl sites for hydroxylation is 1. The number of anilines is 2. The Morgan fingerprint density at radius 2 is 1.73 bits per heavy atom. The van der Waals surface area contributed by atoms with E-state index in [0.29, 0.717) is 5.95 Å². The number of hydrogen-bond donors (Lipinski definition) is 2. The van der Waals surface area contributed by atoms with Crippen LogP contribution in [0, 0.1) is 6.92 Å². The Bertz CT molecular complexity index is 892. The van der Waals surface area contributed by atoms with Crippen LogP contribution in [0.3, 0.4) is 0 Å². The lowest BCUT2D eigenvalue weighted by atomic mass is 9.91. The van der Waals surface area contributed by atoms with Crippen molar-refractivity contribution in [2.45, 2.75) is 50.9 Å². The molecule has 0 saturated heterocycles. The third-order valence-corrected chi connectivity index (χ3v) is 5.15. The van der Waals surface area contributed by atoms with Gasteiger partial charge in [0.15, 0.2) is 0 Å². The van der Waals surface area contributed by atoms with E-state index in [9.17, 15) is 18.0 Å². The van der Waals surface area contributed by atoms with Gasteiger partial charge in [-0.05, 0) is 50.8 Å². The molecule has 1 aromatic carbocycles. The minimum atomic E-state index is -4.47. The molecule has 9 heteroatoms. The molecule has 1 saturated carbocycles. The van der Waals surface area contributed by atoms with E-state index < -0.39 is 17.6 Å². The second-order valence-electron chi connectivity index (χ2n) is 7.83. The quantitative estimate of drug-likeness (QED) is 0.763. The van der Waals surface area contributed by atoms with E-state index in [1.165, 1.54) is 12.1 Å². The predicted molar refractivity (Wildman–Crippen MR) is 110 cm³/mol. The minimum absolute atomic E-state index is 0.0226. The van der Waals surface area contributed by atoms with Gasteiger partial charge in [0.2, 0.25) is 5.95 Å². The van der Waals surface area contributed by atoms with E-state index >= 15 is 0 Å². The Hall–Kier alpha value is -2.84. The number of hydrogen-bond acceptors (Lipinski definition) is 5. The predicted octanol–water partition coefficient (Wildman–Crippen LogP) is 4.02. The Kier molecular flexibility index (Phi) is 6.48. The van der Waals surface area contributed by atoms with Crippen molar-refractivity contribution in [3.8, 4) is 0 Å². The van der Waals surface area contributed by atoms with Crippen LogP contribution in [0.2, 0.25) is 0 Å². The molecule has 1 fully saturated rings. The second kappa shape index (κ2) is 8.89. The fraction of sp³-hybridized carbons (Fsp3) is 0.476. The molecule has 1 amide bonds. The van der Waals surface area contributed by atoms with Crippen LogP contribution in [-0.2, 0) is 6.18 Å². The fourth-order valence-corrected chi connectivity index (χ4v) is 3.52. The Morgan fingerprint density at radius 3 is 2.37 bits per heavy atom. The van der Waals surface area contributed by atoms with Crippen LogP contribution in [0.25, 0.3) is 0 Å². The Morgan fingerprint density at radius 1 is 1.07 bits per heavy atom. The number of halogens is 3. The zero-order valence-electron chi connectivity index (χ0n) is 17.3. The van der Waals surface area contributed by atoms with Crippen LogP contribution < -0.4 is 15.5 Å². The first-order valence-corrected chi connectivity index (χ1v) is 9.89. The molecule has 0 spiro atoms. The third-order valence-electron chi connectivity index (χ3n) is 5.15. The molecule has 2 N–H and O–H groups in total. The van der Waals surface area contributed by atoms with Gasteiger partial charge >= 0.3 is 6.18 Å². The average Bonchev–Trinajstić information content (AvgIpc) is 2.68. The topological polar surface area (TPSA) is 70.2 Å². The number of nitrogens with zero attached hydrogens (tertiary/aromatic N) is 3. The lowest BCUT2D eigenvalue weighted by Gasteiger charge is -2.30. The van der Waals surface area contributed by atoms with Gasteiger partial charge in [-0.1, -0.05) is 6.07 Å². The molecule has 30 heavy (non-hydrogen) atoms. The molecule has 1 aliphatic rings. The largest absolute Gasteiger partial charge is 0.416 e. The Balaban J connectivity index is 1.54. The fourth-order valence-electron chi connectivity index (χ4n) is 3.52. The smallest absolute Gasteiger partial charge is 0.363 e. The number of aromatic nitrogens is 2. The summed E-state index contributed by atoms with van der Waals surface area (Å²) in [5.74, 6) is 0.928. The van der Waals surface area contributed by atoms with E-state index in [4.69, 9.17) is 0 Å². The summed E-state index contributed by atoms with van der Waals surface area (Å²) in [7, 11) is 3.84. The van der Waals surface area contributed by atoms with Gasteiger partial charge in [-0.2, -0.15) is 18.2 Å². The van der Waals surface area contributed by atoms with Gasteiger partial charge < -0.3 is 15.5 Å². The van der Waals surface area contributed by atoms with Crippen molar-refractivity contribution in [1.29, 1.82) is 0 Å². The lowest BCUT2D eigenvalue weighted by molar-refractivity contribution is -0.137. The molecular formula is C21H26F3N5O. The van der Waals surface area contributed by atoms with E-state index in [0.717, 1.165) is 49.3 Å². The summed E-state index contributed by atoms with van der Waals surface area (Å²) in [5, 5.41) is 6.22. The van der Waals surface area contributed by atoms with Crippen LogP contribution in [0.4, 0.5) is 24.9 Å². The highest BCUT2D eigenvalue weighted by Gasteiger charge is 2.31. The van der Waals surface area contributed by atoms with Crippen molar-refractivity contribution in [2.75, 3.05) is 24.3 Å². The molecular weight excluding hydrogens is 395 g/mol. The SMILES string of the molecule is Cc1cc(N(C)C)nc(NC2CCC(NC(=O)c3cccc(C(F)(F)F)c3)CC2)n1. The van der Waals surface area contributed by atoms with Gasteiger partial charge in [-0.15, -0.1) is 0 Å². The van der Waals surface area contributed by atoms with Crippen molar-refractivity contribution < 1.29 is 18.0 Å². The van der Waals surface area contributed by atoms with Crippen LogP contribution in [0.15, 0.2) is 30.3 Å². The summed E-state index contributed by atoms with van der Waals surface area (Å²) in [4.78, 5) is 23.2. The number of carbonyl (C=O) groups is 1. The molecule has 0 atom stereocenters. The van der Waals surface area contributed by atoms with Crippen molar-refractivity contribution >= 4 is 17.7 Å². The van der Waals surface area contributed by atoms with E-state index in [1.54, 1.807) is 0 Å². The summed E-state index contributed by atoms with van der Waals surface area (Å²) in [6.07, 6.45) is -1.39. The van der Waals surface area contributed by atoms with Gasteiger partial charge in [-0.3, -0.25) is 4.79 Å². The van der Waals surface area contributed by atoms with E-state index in [2.05, 4.69) is 20.6 Å². The highest BCUT2D eigenvalue weighted by molar-refractivity contribution is 5.94. The highest BCUT2D eigenvalue weighted by Crippen LogP contribution is 2.29. The number of alkyl halides is 3. The van der Waals surface area contributed by atoms with Gasteiger partial charge in [0.25, 0.3) is 5.91 Å². The summed E-state index contributed by atoms with van der Waals surface area (Å²) >= 11 is 0. The van der Waals surface area contributed by atoms with Gasteiger partial charge in [0.1, 0.15) is 5.82 Å².